The molecule has 0 saturated carbocycles. The molecule has 190 valence electrons. The molecular formula is C26H22N8O3S. The number of ether oxygens (including phenoxy) is 1. The highest BCUT2D eigenvalue weighted by molar-refractivity contribution is 7.03. The first-order chi connectivity index (χ1) is 18.6. The molecule has 0 aliphatic carbocycles. The summed E-state index contributed by atoms with van der Waals surface area (Å²) >= 11 is 1.12. The van der Waals surface area contributed by atoms with Crippen LogP contribution < -0.4 is 10.6 Å². The predicted molar refractivity (Wildman–Crippen MR) is 143 cm³/mol. The molecule has 2 aromatic carbocycles. The third kappa shape index (κ3) is 4.94. The van der Waals surface area contributed by atoms with Crippen LogP contribution in [0.4, 0.5) is 17.2 Å². The summed E-state index contributed by atoms with van der Waals surface area (Å²) in [6, 6.07) is 14.7. The summed E-state index contributed by atoms with van der Waals surface area (Å²) in [6.45, 7) is 2.32. The van der Waals surface area contributed by atoms with Gasteiger partial charge in [0.25, 0.3) is 11.8 Å². The Hall–Kier alpha value is -4.68. The maximum atomic E-state index is 12.8. The maximum absolute atomic E-state index is 12.8. The zero-order valence-electron chi connectivity index (χ0n) is 20.1. The van der Waals surface area contributed by atoms with Crippen molar-refractivity contribution in [3.05, 3.63) is 83.8 Å². The van der Waals surface area contributed by atoms with Crippen molar-refractivity contribution < 1.29 is 14.3 Å². The molecule has 12 heteroatoms. The fraction of sp³-hybridized carbons (Fsp3) is 0.154. The zero-order chi connectivity index (χ0) is 25.9. The second-order valence-electron chi connectivity index (χ2n) is 8.56. The van der Waals surface area contributed by atoms with Gasteiger partial charge in [-0.15, -0.1) is 5.10 Å². The Kier molecular flexibility index (Phi) is 6.46. The van der Waals surface area contributed by atoms with Gasteiger partial charge in [0.05, 0.1) is 18.9 Å². The molecule has 6 rings (SSSR count). The highest BCUT2D eigenvalue weighted by Gasteiger charge is 2.18. The van der Waals surface area contributed by atoms with Crippen molar-refractivity contribution in [1.29, 1.82) is 0 Å². The summed E-state index contributed by atoms with van der Waals surface area (Å²) in [7, 11) is 0. The number of rotatable bonds is 6. The fourth-order valence-electron chi connectivity index (χ4n) is 4.15. The van der Waals surface area contributed by atoms with Gasteiger partial charge in [-0.3, -0.25) is 9.59 Å². The molecule has 3 aromatic heterocycles. The van der Waals surface area contributed by atoms with Gasteiger partial charge in [0.15, 0.2) is 17.2 Å². The number of amides is 2. The van der Waals surface area contributed by atoms with E-state index in [-0.39, 0.29) is 17.5 Å². The van der Waals surface area contributed by atoms with Crippen molar-refractivity contribution in [2.45, 2.75) is 0 Å². The van der Waals surface area contributed by atoms with Crippen molar-refractivity contribution in [2.75, 3.05) is 36.9 Å². The van der Waals surface area contributed by atoms with E-state index in [1.54, 1.807) is 34.7 Å². The Balaban J connectivity index is 1.24. The molecule has 1 aliphatic rings. The minimum atomic E-state index is -0.327. The van der Waals surface area contributed by atoms with Crippen LogP contribution in [0.3, 0.4) is 0 Å². The Labute approximate surface area is 221 Å². The van der Waals surface area contributed by atoms with Crippen molar-refractivity contribution in [1.82, 2.24) is 28.9 Å². The van der Waals surface area contributed by atoms with E-state index >= 15 is 0 Å². The number of fused-ring (bicyclic) bond motifs is 1. The average Bonchev–Trinajstić information content (AvgIpc) is 3.67. The normalized spacial score (nSPS) is 13.4. The van der Waals surface area contributed by atoms with E-state index in [0.29, 0.717) is 54.7 Å². The van der Waals surface area contributed by atoms with E-state index in [2.05, 4.69) is 25.2 Å². The number of carbonyl (C=O) groups excluding carboxylic acids is 2. The van der Waals surface area contributed by atoms with Crippen LogP contribution in [0.25, 0.3) is 16.9 Å². The Morgan fingerprint density at radius 2 is 1.87 bits per heavy atom. The van der Waals surface area contributed by atoms with Crippen LogP contribution in [0.2, 0.25) is 0 Å². The predicted octanol–water partition coefficient (Wildman–Crippen LogP) is 3.72. The van der Waals surface area contributed by atoms with E-state index in [9.17, 15) is 9.59 Å². The molecule has 0 unspecified atom stereocenters. The largest absolute Gasteiger partial charge is 0.378 e. The van der Waals surface area contributed by atoms with Crippen LogP contribution in [0.1, 0.15) is 20.8 Å². The number of anilines is 3. The number of benzene rings is 2. The van der Waals surface area contributed by atoms with Crippen molar-refractivity contribution in [3.63, 3.8) is 0 Å². The standard InChI is InChI=1S/C26H22N8O3S/c35-25(22-16-38-32-31-22)29-20-3-1-2-18(14-20)21-15-34-9-8-27-24(34)23(30-21)28-19-6-4-17(5-7-19)26(36)33-10-12-37-13-11-33/h1-9,14-16H,10-13H2,(H,28,30)(H,29,35). The summed E-state index contributed by atoms with van der Waals surface area (Å²) in [5, 5.41) is 11.6. The number of carbonyl (C=O) groups is 2. The van der Waals surface area contributed by atoms with Crippen LogP contribution in [-0.4, -0.2) is 67.0 Å². The molecule has 11 nitrogen and oxygen atoms in total. The van der Waals surface area contributed by atoms with E-state index < -0.39 is 0 Å². The molecule has 4 heterocycles. The summed E-state index contributed by atoms with van der Waals surface area (Å²) in [4.78, 5) is 36.2. The smallest absolute Gasteiger partial charge is 0.277 e. The third-order valence-corrected chi connectivity index (χ3v) is 6.58. The van der Waals surface area contributed by atoms with E-state index in [1.165, 1.54) is 0 Å². The minimum Gasteiger partial charge on any atom is -0.378 e. The molecule has 38 heavy (non-hydrogen) atoms. The van der Waals surface area contributed by atoms with Gasteiger partial charge >= 0.3 is 0 Å². The summed E-state index contributed by atoms with van der Waals surface area (Å²) in [5.74, 6) is 0.225. The number of aromatic nitrogens is 5. The van der Waals surface area contributed by atoms with Gasteiger partial charge in [-0.1, -0.05) is 16.6 Å². The number of hydrogen-bond acceptors (Lipinski definition) is 9. The summed E-state index contributed by atoms with van der Waals surface area (Å²) in [5.41, 5.74) is 4.43. The Morgan fingerprint density at radius 1 is 1.03 bits per heavy atom. The molecule has 5 aromatic rings. The van der Waals surface area contributed by atoms with Gasteiger partial charge in [-0.05, 0) is 47.9 Å². The van der Waals surface area contributed by atoms with Gasteiger partial charge in [0, 0.05) is 59.6 Å². The zero-order valence-corrected chi connectivity index (χ0v) is 20.9. The van der Waals surface area contributed by atoms with Crippen LogP contribution in [-0.2, 0) is 4.74 Å². The first-order valence-electron chi connectivity index (χ1n) is 11.9. The lowest BCUT2D eigenvalue weighted by molar-refractivity contribution is 0.0303. The number of imidazole rings is 1. The number of nitrogens with one attached hydrogen (secondary N) is 2. The average molecular weight is 527 g/mol. The van der Waals surface area contributed by atoms with Crippen LogP contribution in [0, 0.1) is 0 Å². The lowest BCUT2D eigenvalue weighted by Crippen LogP contribution is -2.40. The highest BCUT2D eigenvalue weighted by Crippen LogP contribution is 2.27. The van der Waals surface area contributed by atoms with Crippen LogP contribution in [0.5, 0.6) is 0 Å². The summed E-state index contributed by atoms with van der Waals surface area (Å²) in [6.07, 6.45) is 5.42. The van der Waals surface area contributed by atoms with Crippen molar-refractivity contribution >= 4 is 46.2 Å². The lowest BCUT2D eigenvalue weighted by Gasteiger charge is -2.26. The van der Waals surface area contributed by atoms with Crippen LogP contribution in [0.15, 0.2) is 72.5 Å². The van der Waals surface area contributed by atoms with Gasteiger partial charge in [-0.25, -0.2) is 9.97 Å². The van der Waals surface area contributed by atoms with E-state index in [1.807, 2.05) is 47.1 Å². The lowest BCUT2D eigenvalue weighted by atomic mass is 10.1. The van der Waals surface area contributed by atoms with Gasteiger partial charge in [-0.2, -0.15) is 0 Å². The quantitative estimate of drug-likeness (QED) is 0.343. The molecule has 1 saturated heterocycles. The van der Waals surface area contributed by atoms with Gasteiger partial charge in [0.1, 0.15) is 0 Å². The van der Waals surface area contributed by atoms with Crippen molar-refractivity contribution in [3.8, 4) is 11.3 Å². The van der Waals surface area contributed by atoms with Crippen molar-refractivity contribution in [2.24, 2.45) is 0 Å². The monoisotopic (exact) mass is 526 g/mol. The topological polar surface area (TPSA) is 127 Å². The Bertz CT molecular complexity index is 1590. The van der Waals surface area contributed by atoms with E-state index in [0.717, 1.165) is 22.8 Å². The van der Waals surface area contributed by atoms with E-state index in [4.69, 9.17) is 9.72 Å². The van der Waals surface area contributed by atoms with Gasteiger partial charge < -0.3 is 24.7 Å². The first kappa shape index (κ1) is 23.7. The second kappa shape index (κ2) is 10.4. The number of morpholine rings is 1. The molecule has 2 N–H and O–H groups in total. The molecule has 0 bridgehead atoms. The third-order valence-electron chi connectivity index (χ3n) is 6.08. The molecule has 1 fully saturated rings. The maximum Gasteiger partial charge on any atom is 0.277 e. The molecule has 0 radical (unpaired) electrons. The fourth-order valence-corrected chi connectivity index (χ4v) is 4.59. The number of hydrogen-bond donors (Lipinski definition) is 2. The van der Waals surface area contributed by atoms with Gasteiger partial charge in [0.2, 0.25) is 0 Å². The highest BCUT2D eigenvalue weighted by atomic mass is 32.1. The molecule has 2 amide bonds. The molecule has 0 atom stereocenters. The first-order valence-corrected chi connectivity index (χ1v) is 12.7. The minimum absolute atomic E-state index is 0.00589. The number of nitrogens with zero attached hydrogens (tertiary/aromatic N) is 6. The summed E-state index contributed by atoms with van der Waals surface area (Å²) < 4.78 is 11.0. The van der Waals surface area contributed by atoms with Crippen LogP contribution >= 0.6 is 11.5 Å². The molecule has 1 aliphatic heterocycles. The molecule has 0 spiro atoms. The molecular weight excluding hydrogens is 504 g/mol. The SMILES string of the molecule is O=C(Nc1cccc(-c2cn3ccnc3c(Nc3ccc(C(=O)N4CCOCC4)cc3)n2)c1)c1csnn1. The Morgan fingerprint density at radius 3 is 2.66 bits per heavy atom. The second-order valence-corrected chi connectivity index (χ2v) is 9.17.